The Kier molecular flexibility index (Phi) is 7.28. The third-order valence-corrected chi connectivity index (χ3v) is 4.81. The number of amides is 1. The highest BCUT2D eigenvalue weighted by atomic mass is 19.1. The molecule has 0 aliphatic rings. The van der Waals surface area contributed by atoms with E-state index in [2.05, 4.69) is 13.8 Å². The third kappa shape index (κ3) is 5.12. The Morgan fingerprint density at radius 2 is 1.85 bits per heavy atom. The lowest BCUT2D eigenvalue weighted by Crippen LogP contribution is -2.59. The van der Waals surface area contributed by atoms with Crippen molar-refractivity contribution in [3.8, 4) is 5.75 Å². The van der Waals surface area contributed by atoms with E-state index in [1.165, 1.54) is 26.0 Å². The molecule has 0 saturated heterocycles. The molecule has 0 spiro atoms. The average Bonchev–Trinajstić information content (AvgIpc) is 2.49. The van der Waals surface area contributed by atoms with Gasteiger partial charge in [0, 0.05) is 17.0 Å². The highest BCUT2D eigenvalue weighted by molar-refractivity contribution is 5.66. The smallest absolute Gasteiger partial charge is 0.405 e. The minimum Gasteiger partial charge on any atom is -0.493 e. The van der Waals surface area contributed by atoms with Gasteiger partial charge in [-0.25, -0.2) is 9.18 Å². The zero-order chi connectivity index (χ0) is 21.0. The predicted octanol–water partition coefficient (Wildman–Crippen LogP) is 4.75. The maximum absolute atomic E-state index is 15.1. The standard InChI is InChI=1S/C21H34FNO4/c1-8-9-14(2)13-26-15-10-11-16(17(22)12-15)21(19(3,4)5,20(6,7)25)27-18(23)24/h10-12,14,25H,8-9,13H2,1-7H3,(H2,23,24)/t14?,21-/m0/s1. The van der Waals surface area contributed by atoms with Crippen molar-refractivity contribution in [2.24, 2.45) is 17.1 Å². The van der Waals surface area contributed by atoms with Crippen LogP contribution in [0.2, 0.25) is 0 Å². The monoisotopic (exact) mass is 383 g/mol. The number of rotatable bonds is 8. The summed E-state index contributed by atoms with van der Waals surface area (Å²) in [5, 5.41) is 10.9. The van der Waals surface area contributed by atoms with Crippen molar-refractivity contribution in [2.75, 3.05) is 6.61 Å². The van der Waals surface area contributed by atoms with E-state index in [9.17, 15) is 9.90 Å². The second-order valence-corrected chi connectivity index (χ2v) is 8.76. The van der Waals surface area contributed by atoms with E-state index in [0.29, 0.717) is 18.3 Å². The summed E-state index contributed by atoms with van der Waals surface area (Å²) < 4.78 is 26.2. The lowest BCUT2D eigenvalue weighted by Gasteiger charge is -2.50. The van der Waals surface area contributed by atoms with Gasteiger partial charge in [-0.3, -0.25) is 0 Å². The molecular weight excluding hydrogens is 349 g/mol. The van der Waals surface area contributed by atoms with Crippen LogP contribution in [-0.4, -0.2) is 23.4 Å². The van der Waals surface area contributed by atoms with Gasteiger partial charge in [0.15, 0.2) is 5.60 Å². The highest BCUT2D eigenvalue weighted by Gasteiger charge is 2.58. The van der Waals surface area contributed by atoms with Crippen LogP contribution < -0.4 is 10.5 Å². The van der Waals surface area contributed by atoms with Gasteiger partial charge in [-0.2, -0.15) is 0 Å². The first-order chi connectivity index (χ1) is 12.3. The first kappa shape index (κ1) is 23.2. The third-order valence-electron chi connectivity index (χ3n) is 4.81. The van der Waals surface area contributed by atoms with Crippen LogP contribution in [0.4, 0.5) is 9.18 Å². The summed E-state index contributed by atoms with van der Waals surface area (Å²) >= 11 is 0. The highest BCUT2D eigenvalue weighted by Crippen LogP contribution is 2.51. The minimum atomic E-state index is -1.69. The number of benzene rings is 1. The molecule has 0 aliphatic heterocycles. The van der Waals surface area contributed by atoms with Gasteiger partial charge in [0.05, 0.1) is 6.61 Å². The quantitative estimate of drug-likeness (QED) is 0.679. The molecule has 1 aromatic carbocycles. The number of aliphatic hydroxyl groups is 1. The van der Waals surface area contributed by atoms with Gasteiger partial charge in [-0.05, 0) is 38.3 Å². The predicted molar refractivity (Wildman–Crippen MR) is 104 cm³/mol. The van der Waals surface area contributed by atoms with E-state index in [1.807, 2.05) is 0 Å². The average molecular weight is 384 g/mol. The van der Waals surface area contributed by atoms with E-state index in [0.717, 1.165) is 12.8 Å². The van der Waals surface area contributed by atoms with Crippen molar-refractivity contribution in [2.45, 2.75) is 72.5 Å². The molecule has 3 N–H and O–H groups in total. The van der Waals surface area contributed by atoms with Gasteiger partial charge in [0.2, 0.25) is 0 Å². The Hall–Kier alpha value is -1.82. The molecule has 0 aromatic heterocycles. The maximum Gasteiger partial charge on any atom is 0.405 e. The van der Waals surface area contributed by atoms with E-state index < -0.39 is 28.5 Å². The van der Waals surface area contributed by atoms with E-state index in [4.69, 9.17) is 15.2 Å². The van der Waals surface area contributed by atoms with E-state index in [1.54, 1.807) is 26.8 Å². The summed E-state index contributed by atoms with van der Waals surface area (Å²) in [6, 6.07) is 4.36. The first-order valence-corrected chi connectivity index (χ1v) is 9.40. The number of nitrogens with two attached hydrogens (primary N) is 1. The van der Waals surface area contributed by atoms with Gasteiger partial charge in [-0.1, -0.05) is 41.0 Å². The SMILES string of the molecule is CCCC(C)COc1ccc([C@](OC(N)=O)(C(C)(C)C)C(C)(C)O)c(F)c1. The topological polar surface area (TPSA) is 81.8 Å². The van der Waals surface area contributed by atoms with Gasteiger partial charge < -0.3 is 20.3 Å². The molecule has 0 saturated carbocycles. The van der Waals surface area contributed by atoms with Gasteiger partial charge in [0.25, 0.3) is 0 Å². The molecule has 1 unspecified atom stereocenters. The number of halogens is 1. The second-order valence-electron chi connectivity index (χ2n) is 8.76. The maximum atomic E-state index is 15.1. The lowest BCUT2D eigenvalue weighted by atomic mass is 9.63. The lowest BCUT2D eigenvalue weighted by molar-refractivity contribution is -0.195. The van der Waals surface area contributed by atoms with E-state index >= 15 is 4.39 Å². The van der Waals surface area contributed by atoms with Crippen LogP contribution in [0, 0.1) is 17.2 Å². The van der Waals surface area contributed by atoms with Gasteiger partial charge in [-0.15, -0.1) is 0 Å². The number of hydrogen-bond acceptors (Lipinski definition) is 4. The van der Waals surface area contributed by atoms with Gasteiger partial charge >= 0.3 is 6.09 Å². The Bertz CT molecular complexity index is 633. The molecule has 6 heteroatoms. The fourth-order valence-electron chi connectivity index (χ4n) is 3.82. The Balaban J connectivity index is 3.37. The molecular formula is C21H34FNO4. The summed E-state index contributed by atoms with van der Waals surface area (Å²) in [4.78, 5) is 11.6. The zero-order valence-electron chi connectivity index (χ0n) is 17.6. The second kappa shape index (κ2) is 8.46. The van der Waals surface area contributed by atoms with Crippen LogP contribution in [0.25, 0.3) is 0 Å². The minimum absolute atomic E-state index is 0.0512. The van der Waals surface area contributed by atoms with E-state index in [-0.39, 0.29) is 5.56 Å². The van der Waals surface area contributed by atoms with Crippen LogP contribution in [0.15, 0.2) is 18.2 Å². The largest absolute Gasteiger partial charge is 0.493 e. The van der Waals surface area contributed by atoms with Gasteiger partial charge in [0.1, 0.15) is 17.2 Å². The van der Waals surface area contributed by atoms with Crippen LogP contribution in [0.3, 0.4) is 0 Å². The number of primary amides is 1. The van der Waals surface area contributed by atoms with Crippen molar-refractivity contribution in [3.05, 3.63) is 29.6 Å². The van der Waals surface area contributed by atoms with Crippen molar-refractivity contribution in [1.29, 1.82) is 0 Å². The number of carbonyl (C=O) groups excluding carboxylic acids is 1. The molecule has 2 atom stereocenters. The van der Waals surface area contributed by atoms with Crippen molar-refractivity contribution >= 4 is 6.09 Å². The summed E-state index contributed by atoms with van der Waals surface area (Å²) in [5.41, 5.74) is 1.19. The summed E-state index contributed by atoms with van der Waals surface area (Å²) in [5.74, 6) is 0.117. The molecule has 154 valence electrons. The molecule has 1 aromatic rings. The molecule has 0 bridgehead atoms. The molecule has 5 nitrogen and oxygen atoms in total. The van der Waals surface area contributed by atoms with Crippen LogP contribution in [-0.2, 0) is 10.3 Å². The molecule has 0 radical (unpaired) electrons. The molecule has 1 amide bonds. The molecule has 0 heterocycles. The Morgan fingerprint density at radius 1 is 1.26 bits per heavy atom. The van der Waals surface area contributed by atoms with Crippen LogP contribution in [0.1, 0.15) is 66.9 Å². The summed E-state index contributed by atoms with van der Waals surface area (Å²) in [6.45, 7) is 12.9. The first-order valence-electron chi connectivity index (χ1n) is 9.40. The zero-order valence-corrected chi connectivity index (χ0v) is 17.6. The van der Waals surface area contributed by atoms with Crippen LogP contribution >= 0.6 is 0 Å². The summed E-state index contributed by atoms with van der Waals surface area (Å²) in [7, 11) is 0. The fraction of sp³-hybridized carbons (Fsp3) is 0.667. The molecule has 1 rings (SSSR count). The number of hydrogen-bond donors (Lipinski definition) is 2. The molecule has 27 heavy (non-hydrogen) atoms. The fourth-order valence-corrected chi connectivity index (χ4v) is 3.82. The summed E-state index contributed by atoms with van der Waals surface area (Å²) in [6.07, 6.45) is 1.00. The van der Waals surface area contributed by atoms with Crippen molar-refractivity contribution < 1.29 is 23.8 Å². The molecule has 0 fully saturated rings. The Labute approximate surface area is 162 Å². The number of ether oxygens (including phenoxy) is 2. The number of carbonyl (C=O) groups is 1. The normalized spacial score (nSPS) is 15.7. The Morgan fingerprint density at radius 3 is 2.26 bits per heavy atom. The van der Waals surface area contributed by atoms with Crippen molar-refractivity contribution in [3.63, 3.8) is 0 Å². The molecule has 0 aliphatic carbocycles. The van der Waals surface area contributed by atoms with Crippen LogP contribution in [0.5, 0.6) is 5.75 Å². The van der Waals surface area contributed by atoms with Crippen molar-refractivity contribution in [1.82, 2.24) is 0 Å².